The Hall–Kier alpha value is -0.440. The SMILES string of the molecule is CC(C)(C)C1CCN(C(C)(C)C)C1.CC(C)(C)C1CCN(C(C)(C)C)CC1.CC(C)(C)C1CN(C(C)(C)C)C1.CC(C)(C)N1CC2(C1)CN(C(C)(C)C)C2.CC(C)(C)N1CC2(C1)CN(C(C)(C)C)C2.CC(C)(C)N1CC2CC(C1)N2C(C)(C)C.CC(C)(C)N1CCN(C(C)(C)C)CC1. The second-order valence-corrected chi connectivity index (χ2v) is 48.0. The van der Waals surface area contributed by atoms with E-state index in [1.807, 2.05) is 0 Å². The van der Waals surface area contributed by atoms with Crippen molar-refractivity contribution in [3.63, 3.8) is 0 Å². The van der Waals surface area contributed by atoms with Crippen LogP contribution in [-0.4, -0.2) is 258 Å². The molecule has 0 N–H and O–H groups in total. The van der Waals surface area contributed by atoms with Crippen LogP contribution in [0.3, 0.4) is 0 Å². The Balaban J connectivity index is 0.000000243. The van der Waals surface area contributed by atoms with Gasteiger partial charge in [-0.25, -0.2) is 0 Å². The van der Waals surface area contributed by atoms with Crippen LogP contribution in [0.1, 0.15) is 316 Å². The van der Waals surface area contributed by atoms with Gasteiger partial charge in [-0.3, -0.25) is 53.9 Å². The summed E-state index contributed by atoms with van der Waals surface area (Å²) >= 11 is 0. The fourth-order valence-corrected chi connectivity index (χ4v) is 16.7. The van der Waals surface area contributed by atoms with Crippen LogP contribution in [0.5, 0.6) is 0 Å². The first-order chi connectivity index (χ1) is 43.3. The molecule has 11 fully saturated rings. The highest BCUT2D eigenvalue weighted by molar-refractivity contribution is 5.12. The highest BCUT2D eigenvalue weighted by Crippen LogP contribution is 2.48. The molecular formula is C87H179N11. The summed E-state index contributed by atoms with van der Waals surface area (Å²) < 4.78 is 0. The molecule has 98 heavy (non-hydrogen) atoms. The van der Waals surface area contributed by atoms with E-state index in [2.05, 4.69) is 345 Å². The smallest absolute Gasteiger partial charge is 0.0247 e. The van der Waals surface area contributed by atoms with Crippen molar-refractivity contribution in [3.05, 3.63) is 0 Å². The van der Waals surface area contributed by atoms with E-state index < -0.39 is 0 Å². The van der Waals surface area contributed by atoms with E-state index in [4.69, 9.17) is 0 Å². The van der Waals surface area contributed by atoms with Crippen LogP contribution in [0.2, 0.25) is 0 Å². The van der Waals surface area contributed by atoms with Crippen molar-refractivity contribution in [1.29, 1.82) is 0 Å². The highest BCUT2D eigenvalue weighted by atomic mass is 15.4. The van der Waals surface area contributed by atoms with Gasteiger partial charge in [0.2, 0.25) is 0 Å². The number of rotatable bonds is 0. The van der Waals surface area contributed by atoms with Gasteiger partial charge in [-0.05, 0) is 308 Å². The molecule has 11 aliphatic heterocycles. The summed E-state index contributed by atoms with van der Waals surface area (Å²) in [5.74, 6) is 2.70. The molecule has 3 unspecified atom stereocenters. The Morgan fingerprint density at radius 1 is 0.194 bits per heavy atom. The average molecular weight is 1380 g/mol. The molecule has 11 nitrogen and oxygen atoms in total. The van der Waals surface area contributed by atoms with E-state index in [9.17, 15) is 0 Å². The maximum atomic E-state index is 2.72. The molecule has 2 spiro atoms. The van der Waals surface area contributed by atoms with E-state index in [0.29, 0.717) is 88.0 Å². The lowest BCUT2D eigenvalue weighted by Crippen LogP contribution is -2.76. The van der Waals surface area contributed by atoms with Gasteiger partial charge in [0, 0.05) is 195 Å². The predicted octanol–water partition coefficient (Wildman–Crippen LogP) is 18.4. The Kier molecular flexibility index (Phi) is 28.8. The molecule has 0 aromatic rings. The third kappa shape index (κ3) is 26.2. The molecule has 11 aliphatic rings. The number of fused-ring (bicyclic) bond motifs is 2. The van der Waals surface area contributed by atoms with Crippen LogP contribution in [0.15, 0.2) is 0 Å². The molecule has 0 aromatic heterocycles. The number of hydrogen-bond donors (Lipinski definition) is 0. The summed E-state index contributed by atoms with van der Waals surface area (Å²) in [5.41, 5.74) is 6.76. The fourth-order valence-electron chi connectivity index (χ4n) is 16.7. The molecule has 11 heteroatoms. The van der Waals surface area contributed by atoms with Crippen molar-refractivity contribution >= 4 is 0 Å². The number of hydrogen-bond acceptors (Lipinski definition) is 11. The first kappa shape index (κ1) is 90.0. The summed E-state index contributed by atoms with van der Waals surface area (Å²) in [4.78, 5) is 28.7. The molecule has 0 saturated carbocycles. The molecule has 0 radical (unpaired) electrons. The van der Waals surface area contributed by atoms with Gasteiger partial charge < -0.3 is 0 Å². The zero-order valence-corrected chi connectivity index (χ0v) is 74.8. The molecule has 2 bridgehead atoms. The number of nitrogens with zero attached hydrogens (tertiary/aromatic N) is 11. The van der Waals surface area contributed by atoms with E-state index in [-0.39, 0.29) is 0 Å². The van der Waals surface area contributed by atoms with Gasteiger partial charge in [0.05, 0.1) is 0 Å². The van der Waals surface area contributed by atoms with Crippen molar-refractivity contribution < 1.29 is 0 Å². The summed E-state index contributed by atoms with van der Waals surface area (Å²) in [6.45, 7) is 123. The molecule has 0 aromatic carbocycles. The summed E-state index contributed by atoms with van der Waals surface area (Å²) in [6, 6.07) is 1.62. The minimum Gasteiger partial charge on any atom is -0.298 e. The minimum absolute atomic E-state index is 0.337. The molecule has 0 aliphatic carbocycles. The van der Waals surface area contributed by atoms with Gasteiger partial charge in [0.25, 0.3) is 0 Å². The number of likely N-dealkylation sites (tertiary alicyclic amines) is 7. The average Bonchev–Trinajstić information content (AvgIpc) is 0.816. The van der Waals surface area contributed by atoms with E-state index in [0.717, 1.165) is 29.8 Å². The van der Waals surface area contributed by atoms with Crippen molar-refractivity contribution in [2.24, 2.45) is 44.8 Å². The second kappa shape index (κ2) is 31.4. The van der Waals surface area contributed by atoms with Gasteiger partial charge in [-0.1, -0.05) is 62.3 Å². The monoisotopic (exact) mass is 1380 g/mol. The predicted molar refractivity (Wildman–Crippen MR) is 435 cm³/mol. The van der Waals surface area contributed by atoms with Gasteiger partial charge >= 0.3 is 0 Å². The van der Waals surface area contributed by atoms with Crippen molar-refractivity contribution in [3.8, 4) is 0 Å². The van der Waals surface area contributed by atoms with Gasteiger partial charge in [0.1, 0.15) is 0 Å². The summed E-state index contributed by atoms with van der Waals surface area (Å²) in [7, 11) is 0. The maximum Gasteiger partial charge on any atom is 0.0247 e. The third-order valence-electron chi connectivity index (χ3n) is 25.2. The second-order valence-electron chi connectivity index (χ2n) is 48.0. The van der Waals surface area contributed by atoms with Crippen molar-refractivity contribution in [2.75, 3.05) is 131 Å². The lowest BCUT2D eigenvalue weighted by Gasteiger charge is -2.66. The standard InChI is InChI=1S/3C13H26N2.C13H27N.C12H26N2.C12H25N.C11H23N/c2*1-11(2,3)14-7-13(8-14)9-15(10-13)12(4,5)6;1-12(2,3)14-8-10-7-11(9-14)15(10)13(4,5)6;1-12(2,3)11-7-9-14(10-8-11)13(4,5)6;1-11(2,3)13-7-9-14(10-8-13)12(4,5)6;1-11(2,3)10-7-8-13(9-10)12(4,5)6;1-10(2,3)9-7-12(8-9)11(4,5)6/h2*7-10H2,1-6H3;10-11H,7-9H2,1-6H3;11H,7-10H2,1-6H3;7-10H2,1-6H3;10H,7-9H2,1-6H3;9H,7-8H2,1-6H3. The van der Waals surface area contributed by atoms with Crippen LogP contribution < -0.4 is 0 Å². The van der Waals surface area contributed by atoms with Crippen LogP contribution in [-0.2, 0) is 0 Å². The maximum absolute atomic E-state index is 2.72. The molecule has 11 saturated heterocycles. The van der Waals surface area contributed by atoms with Crippen molar-refractivity contribution in [2.45, 2.75) is 389 Å². The third-order valence-corrected chi connectivity index (χ3v) is 25.2. The van der Waals surface area contributed by atoms with E-state index in [1.54, 1.807) is 0 Å². The van der Waals surface area contributed by atoms with Crippen molar-refractivity contribution in [1.82, 2.24) is 53.9 Å². The Morgan fingerprint density at radius 2 is 0.398 bits per heavy atom. The molecule has 3 atom stereocenters. The van der Waals surface area contributed by atoms with E-state index >= 15 is 0 Å². The first-order valence-corrected chi connectivity index (χ1v) is 40.6. The molecule has 11 heterocycles. The lowest BCUT2D eigenvalue weighted by atomic mass is 9.69. The van der Waals surface area contributed by atoms with E-state index in [1.165, 1.54) is 157 Å². The van der Waals surface area contributed by atoms with Gasteiger partial charge in [0.15, 0.2) is 0 Å². The fraction of sp³-hybridized carbons (Fsp3) is 1.00. The van der Waals surface area contributed by atoms with Gasteiger partial charge in [-0.15, -0.1) is 0 Å². The lowest BCUT2D eigenvalue weighted by molar-refractivity contribution is -0.167. The molecule has 0 amide bonds. The van der Waals surface area contributed by atoms with Crippen LogP contribution in [0.25, 0.3) is 0 Å². The molecular weight excluding hydrogens is 1200 g/mol. The Bertz CT molecular complexity index is 2090. The highest BCUT2D eigenvalue weighted by Gasteiger charge is 2.57. The zero-order chi connectivity index (χ0) is 76.2. The zero-order valence-electron chi connectivity index (χ0n) is 74.8. The minimum atomic E-state index is 0.337. The first-order valence-electron chi connectivity index (χ1n) is 40.6. The normalized spacial score (nSPS) is 26.4. The molecule has 11 rings (SSSR count). The summed E-state index contributed by atoms with van der Waals surface area (Å²) in [5, 5.41) is 0. The largest absolute Gasteiger partial charge is 0.298 e. The Labute approximate surface area is 615 Å². The quantitative estimate of drug-likeness (QED) is 0.233. The van der Waals surface area contributed by atoms with Crippen LogP contribution >= 0.6 is 0 Å². The topological polar surface area (TPSA) is 35.6 Å². The summed E-state index contributed by atoms with van der Waals surface area (Å²) in [6.07, 6.45) is 5.55. The van der Waals surface area contributed by atoms with Gasteiger partial charge in [-0.2, -0.15) is 0 Å². The number of piperidine rings is 2. The van der Waals surface area contributed by atoms with Crippen LogP contribution in [0.4, 0.5) is 0 Å². The molecule has 582 valence electrons. The number of piperazine rings is 2. The Morgan fingerprint density at radius 3 is 0.602 bits per heavy atom. The van der Waals surface area contributed by atoms with Crippen LogP contribution in [0, 0.1) is 44.8 Å².